The standard InChI is InChI=1S/C16H14Cl2N2O4/c1-9-5-10(2)16(13(18)6-9)24-8-15(21)19-14-7-11(20(22)23)3-4-12(14)17/h3-7H,8H2,1-2H3,(H,19,21). The van der Waals surface area contributed by atoms with Gasteiger partial charge in [-0.3, -0.25) is 14.9 Å². The Morgan fingerprint density at radius 1 is 1.21 bits per heavy atom. The first kappa shape index (κ1) is 18.0. The first-order valence-electron chi connectivity index (χ1n) is 6.91. The molecule has 2 aromatic rings. The second kappa shape index (κ2) is 7.51. The maximum Gasteiger partial charge on any atom is 0.271 e. The highest BCUT2D eigenvalue weighted by Crippen LogP contribution is 2.30. The smallest absolute Gasteiger partial charge is 0.271 e. The first-order valence-corrected chi connectivity index (χ1v) is 7.67. The summed E-state index contributed by atoms with van der Waals surface area (Å²) < 4.78 is 5.45. The number of aryl methyl sites for hydroxylation is 2. The summed E-state index contributed by atoms with van der Waals surface area (Å²) in [5.74, 6) is -0.0870. The van der Waals surface area contributed by atoms with E-state index in [9.17, 15) is 14.9 Å². The molecule has 2 rings (SSSR count). The summed E-state index contributed by atoms with van der Waals surface area (Å²) in [6.07, 6.45) is 0. The van der Waals surface area contributed by atoms with Crippen molar-refractivity contribution < 1.29 is 14.5 Å². The molecular weight excluding hydrogens is 355 g/mol. The maximum absolute atomic E-state index is 12.0. The number of nitro groups is 1. The fourth-order valence-electron chi connectivity index (χ4n) is 2.13. The molecule has 0 aliphatic rings. The van der Waals surface area contributed by atoms with Crippen molar-refractivity contribution in [3.05, 3.63) is 61.6 Å². The predicted molar refractivity (Wildman–Crippen MR) is 93.2 cm³/mol. The van der Waals surface area contributed by atoms with Gasteiger partial charge in [0.2, 0.25) is 0 Å². The van der Waals surface area contributed by atoms with Gasteiger partial charge in [-0.15, -0.1) is 0 Å². The molecular formula is C16H14Cl2N2O4. The number of hydrogen-bond acceptors (Lipinski definition) is 4. The van der Waals surface area contributed by atoms with E-state index in [-0.39, 0.29) is 23.0 Å². The van der Waals surface area contributed by atoms with Crippen molar-refractivity contribution in [1.82, 2.24) is 0 Å². The Hall–Kier alpha value is -2.31. The van der Waals surface area contributed by atoms with Gasteiger partial charge in [0.1, 0.15) is 5.75 Å². The van der Waals surface area contributed by atoms with Gasteiger partial charge in [0.05, 0.1) is 20.7 Å². The summed E-state index contributed by atoms with van der Waals surface area (Å²) in [5.41, 5.74) is 1.76. The largest absolute Gasteiger partial charge is 0.482 e. The number of carbonyl (C=O) groups is 1. The quantitative estimate of drug-likeness (QED) is 0.620. The van der Waals surface area contributed by atoms with Crippen LogP contribution in [0.1, 0.15) is 11.1 Å². The average Bonchev–Trinajstić information content (AvgIpc) is 2.48. The van der Waals surface area contributed by atoms with Crippen LogP contribution in [0.25, 0.3) is 0 Å². The van der Waals surface area contributed by atoms with Crippen molar-refractivity contribution in [3.8, 4) is 5.75 Å². The van der Waals surface area contributed by atoms with Crippen LogP contribution in [0.4, 0.5) is 11.4 Å². The molecule has 0 radical (unpaired) electrons. The van der Waals surface area contributed by atoms with Gasteiger partial charge in [-0.1, -0.05) is 29.3 Å². The highest BCUT2D eigenvalue weighted by molar-refractivity contribution is 6.34. The van der Waals surface area contributed by atoms with E-state index >= 15 is 0 Å². The van der Waals surface area contributed by atoms with Gasteiger partial charge in [0.15, 0.2) is 6.61 Å². The van der Waals surface area contributed by atoms with Gasteiger partial charge in [0, 0.05) is 12.1 Å². The number of nitrogens with one attached hydrogen (secondary N) is 1. The molecule has 0 fully saturated rings. The zero-order valence-corrected chi connectivity index (χ0v) is 14.4. The lowest BCUT2D eigenvalue weighted by Crippen LogP contribution is -2.20. The third kappa shape index (κ3) is 4.37. The molecule has 126 valence electrons. The van der Waals surface area contributed by atoms with E-state index in [2.05, 4.69) is 5.32 Å². The molecule has 0 aliphatic heterocycles. The molecule has 6 nitrogen and oxygen atoms in total. The van der Waals surface area contributed by atoms with E-state index in [4.69, 9.17) is 27.9 Å². The summed E-state index contributed by atoms with van der Waals surface area (Å²) in [6.45, 7) is 3.42. The van der Waals surface area contributed by atoms with Gasteiger partial charge in [-0.25, -0.2) is 0 Å². The number of nitro benzene ring substituents is 1. The second-order valence-corrected chi connectivity index (χ2v) is 5.97. The monoisotopic (exact) mass is 368 g/mol. The van der Waals surface area contributed by atoms with Crippen LogP contribution in [0.15, 0.2) is 30.3 Å². The lowest BCUT2D eigenvalue weighted by molar-refractivity contribution is -0.384. The zero-order valence-electron chi connectivity index (χ0n) is 12.9. The van der Waals surface area contributed by atoms with Gasteiger partial charge >= 0.3 is 0 Å². The number of non-ortho nitro benzene ring substituents is 1. The minimum Gasteiger partial charge on any atom is -0.482 e. The van der Waals surface area contributed by atoms with Crippen molar-refractivity contribution >= 4 is 40.5 Å². The van der Waals surface area contributed by atoms with E-state index in [1.54, 1.807) is 6.07 Å². The van der Waals surface area contributed by atoms with Crippen LogP contribution in [-0.2, 0) is 4.79 Å². The third-order valence-corrected chi connectivity index (χ3v) is 3.77. The van der Waals surface area contributed by atoms with Crippen molar-refractivity contribution in [2.45, 2.75) is 13.8 Å². The number of amides is 1. The van der Waals surface area contributed by atoms with Crippen molar-refractivity contribution in [2.24, 2.45) is 0 Å². The topological polar surface area (TPSA) is 81.5 Å². The fraction of sp³-hybridized carbons (Fsp3) is 0.188. The number of benzene rings is 2. The molecule has 8 heteroatoms. The van der Waals surface area contributed by atoms with E-state index in [1.165, 1.54) is 18.2 Å². The van der Waals surface area contributed by atoms with Crippen LogP contribution in [0.5, 0.6) is 5.75 Å². The minimum absolute atomic E-state index is 0.145. The maximum atomic E-state index is 12.0. The van der Waals surface area contributed by atoms with Crippen LogP contribution in [0.3, 0.4) is 0 Å². The summed E-state index contributed by atoms with van der Waals surface area (Å²) in [4.78, 5) is 22.2. The first-order chi connectivity index (χ1) is 11.3. The summed E-state index contributed by atoms with van der Waals surface area (Å²) >= 11 is 12.0. The molecule has 2 aromatic carbocycles. The number of halogens is 2. The molecule has 0 unspecified atom stereocenters. The van der Waals surface area contributed by atoms with Gasteiger partial charge in [-0.2, -0.15) is 0 Å². The molecule has 0 spiro atoms. The predicted octanol–water partition coefficient (Wildman–Crippen LogP) is 4.54. The lowest BCUT2D eigenvalue weighted by Gasteiger charge is -2.12. The number of ether oxygens (including phenoxy) is 1. The Labute approximate surface area is 148 Å². The zero-order chi connectivity index (χ0) is 17.9. The summed E-state index contributed by atoms with van der Waals surface area (Å²) in [6, 6.07) is 7.40. The van der Waals surface area contributed by atoms with E-state index in [0.29, 0.717) is 10.8 Å². The van der Waals surface area contributed by atoms with Gasteiger partial charge < -0.3 is 10.1 Å². The Kier molecular flexibility index (Phi) is 5.64. The van der Waals surface area contributed by atoms with E-state index < -0.39 is 10.8 Å². The fourth-order valence-corrected chi connectivity index (χ4v) is 2.67. The second-order valence-electron chi connectivity index (χ2n) is 5.15. The number of rotatable bonds is 5. The molecule has 0 saturated carbocycles. The molecule has 0 atom stereocenters. The molecule has 0 bridgehead atoms. The summed E-state index contributed by atoms with van der Waals surface area (Å²) in [7, 11) is 0. The Morgan fingerprint density at radius 2 is 1.92 bits per heavy atom. The molecule has 24 heavy (non-hydrogen) atoms. The van der Waals surface area contributed by atoms with Crippen molar-refractivity contribution in [3.63, 3.8) is 0 Å². The Bertz CT molecular complexity index is 786. The summed E-state index contributed by atoms with van der Waals surface area (Å²) in [5, 5.41) is 13.9. The van der Waals surface area contributed by atoms with Crippen LogP contribution in [-0.4, -0.2) is 17.4 Å². The number of anilines is 1. The molecule has 0 saturated heterocycles. The molecule has 1 N–H and O–H groups in total. The molecule has 1 amide bonds. The van der Waals surface area contributed by atoms with Crippen LogP contribution < -0.4 is 10.1 Å². The van der Waals surface area contributed by atoms with Crippen LogP contribution >= 0.6 is 23.2 Å². The number of hydrogen-bond donors (Lipinski definition) is 1. The van der Waals surface area contributed by atoms with Crippen molar-refractivity contribution in [2.75, 3.05) is 11.9 Å². The van der Waals surface area contributed by atoms with E-state index in [1.807, 2.05) is 19.9 Å². The molecule has 0 aromatic heterocycles. The Morgan fingerprint density at radius 3 is 2.54 bits per heavy atom. The molecule has 0 heterocycles. The molecule has 0 aliphatic carbocycles. The third-order valence-electron chi connectivity index (χ3n) is 3.16. The van der Waals surface area contributed by atoms with Gasteiger partial charge in [-0.05, 0) is 37.1 Å². The highest BCUT2D eigenvalue weighted by atomic mass is 35.5. The van der Waals surface area contributed by atoms with Crippen LogP contribution in [0.2, 0.25) is 10.0 Å². The van der Waals surface area contributed by atoms with E-state index in [0.717, 1.165) is 11.1 Å². The number of nitrogens with zero attached hydrogens (tertiary/aromatic N) is 1. The van der Waals surface area contributed by atoms with Crippen LogP contribution in [0, 0.1) is 24.0 Å². The normalized spacial score (nSPS) is 10.3. The number of carbonyl (C=O) groups excluding carboxylic acids is 1. The minimum atomic E-state index is -0.572. The lowest BCUT2D eigenvalue weighted by atomic mass is 10.1. The highest BCUT2D eigenvalue weighted by Gasteiger charge is 2.14. The average molecular weight is 369 g/mol. The Balaban J connectivity index is 2.07. The van der Waals surface area contributed by atoms with Gasteiger partial charge in [0.25, 0.3) is 11.6 Å². The van der Waals surface area contributed by atoms with Crippen molar-refractivity contribution in [1.29, 1.82) is 0 Å². The SMILES string of the molecule is Cc1cc(C)c(OCC(=O)Nc2cc([N+](=O)[O-])ccc2Cl)c(Cl)c1.